The molecule has 3 rings (SSSR count). The zero-order chi connectivity index (χ0) is 12.7. The van der Waals surface area contributed by atoms with E-state index in [0.29, 0.717) is 5.89 Å². The van der Waals surface area contributed by atoms with Gasteiger partial charge in [0.1, 0.15) is 5.52 Å². The maximum atomic E-state index is 5.95. The molecule has 0 spiro atoms. The minimum absolute atomic E-state index is 0.638. The van der Waals surface area contributed by atoms with Crippen LogP contribution < -0.4 is 5.73 Å². The number of nitrogens with two attached hydrogens (primary N) is 1. The van der Waals surface area contributed by atoms with Crippen molar-refractivity contribution < 1.29 is 4.42 Å². The summed E-state index contributed by atoms with van der Waals surface area (Å²) in [5, 5.41) is 0. The van der Waals surface area contributed by atoms with Gasteiger partial charge in [0.15, 0.2) is 5.58 Å². The van der Waals surface area contributed by atoms with Crippen molar-refractivity contribution in [3.05, 3.63) is 47.5 Å². The molecule has 2 aromatic carbocycles. The third-order valence-corrected chi connectivity index (χ3v) is 3.30. The van der Waals surface area contributed by atoms with Gasteiger partial charge in [0, 0.05) is 11.3 Å². The lowest BCUT2D eigenvalue weighted by molar-refractivity contribution is 0.617. The Hall–Kier alpha value is -2.29. The molecule has 0 amide bonds. The first kappa shape index (κ1) is 10.8. The second-order valence-electron chi connectivity index (χ2n) is 4.45. The van der Waals surface area contributed by atoms with E-state index in [-0.39, 0.29) is 0 Å². The van der Waals surface area contributed by atoms with Crippen LogP contribution in [0.4, 0.5) is 5.69 Å². The second-order valence-corrected chi connectivity index (χ2v) is 4.45. The van der Waals surface area contributed by atoms with Gasteiger partial charge in [0.25, 0.3) is 0 Å². The minimum atomic E-state index is 0.638. The third-order valence-electron chi connectivity index (χ3n) is 3.30. The van der Waals surface area contributed by atoms with E-state index in [2.05, 4.69) is 4.98 Å². The van der Waals surface area contributed by atoms with Crippen molar-refractivity contribution in [3.8, 4) is 11.5 Å². The predicted octanol–water partition coefficient (Wildman–Crippen LogP) is 3.69. The third kappa shape index (κ3) is 1.56. The van der Waals surface area contributed by atoms with E-state index in [1.807, 2.05) is 50.2 Å². The zero-order valence-corrected chi connectivity index (χ0v) is 10.4. The second kappa shape index (κ2) is 3.88. The van der Waals surface area contributed by atoms with Crippen molar-refractivity contribution in [2.45, 2.75) is 13.8 Å². The van der Waals surface area contributed by atoms with Crippen LogP contribution in [-0.4, -0.2) is 4.98 Å². The molecular formula is C15H14N2O. The molecule has 90 valence electrons. The highest BCUT2D eigenvalue weighted by Crippen LogP contribution is 2.30. The lowest BCUT2D eigenvalue weighted by Gasteiger charge is -2.02. The van der Waals surface area contributed by atoms with Crippen LogP contribution in [0.25, 0.3) is 22.6 Å². The van der Waals surface area contributed by atoms with Crippen molar-refractivity contribution >= 4 is 16.8 Å². The fourth-order valence-corrected chi connectivity index (χ4v) is 2.04. The van der Waals surface area contributed by atoms with E-state index in [1.165, 1.54) is 0 Å². The lowest BCUT2D eigenvalue weighted by Crippen LogP contribution is -1.92. The monoisotopic (exact) mass is 238 g/mol. The summed E-state index contributed by atoms with van der Waals surface area (Å²) in [5.41, 5.74) is 11.4. The molecule has 0 saturated heterocycles. The van der Waals surface area contributed by atoms with Gasteiger partial charge in [-0.25, -0.2) is 4.98 Å². The Labute approximate surface area is 105 Å². The van der Waals surface area contributed by atoms with Crippen molar-refractivity contribution in [2.75, 3.05) is 5.73 Å². The number of benzene rings is 2. The van der Waals surface area contributed by atoms with Gasteiger partial charge in [-0.15, -0.1) is 0 Å². The van der Waals surface area contributed by atoms with E-state index >= 15 is 0 Å². The highest BCUT2D eigenvalue weighted by atomic mass is 16.3. The van der Waals surface area contributed by atoms with Crippen LogP contribution in [0.2, 0.25) is 0 Å². The summed E-state index contributed by atoms with van der Waals surface area (Å²) in [4.78, 5) is 4.50. The molecule has 0 radical (unpaired) electrons. The van der Waals surface area contributed by atoms with Crippen LogP contribution >= 0.6 is 0 Å². The fraction of sp³-hybridized carbons (Fsp3) is 0.133. The highest BCUT2D eigenvalue weighted by molar-refractivity contribution is 5.84. The number of hydrogen-bond donors (Lipinski definition) is 1. The molecule has 0 unspecified atom stereocenters. The number of oxazole rings is 1. The first-order valence-corrected chi connectivity index (χ1v) is 5.88. The largest absolute Gasteiger partial charge is 0.436 e. The average molecular weight is 238 g/mol. The maximum absolute atomic E-state index is 5.95. The maximum Gasteiger partial charge on any atom is 0.227 e. The number of rotatable bonds is 1. The van der Waals surface area contributed by atoms with Gasteiger partial charge in [0.05, 0.1) is 0 Å². The van der Waals surface area contributed by atoms with Crippen LogP contribution in [0.5, 0.6) is 0 Å². The summed E-state index contributed by atoms with van der Waals surface area (Å²) < 4.78 is 5.85. The summed E-state index contributed by atoms with van der Waals surface area (Å²) in [7, 11) is 0. The predicted molar refractivity (Wildman–Crippen MR) is 73.3 cm³/mol. The summed E-state index contributed by atoms with van der Waals surface area (Å²) in [6.45, 7) is 4.00. The highest BCUT2D eigenvalue weighted by Gasteiger charge is 2.12. The van der Waals surface area contributed by atoms with Crippen molar-refractivity contribution in [1.82, 2.24) is 4.98 Å². The molecule has 0 aliphatic carbocycles. The number of fused-ring (bicyclic) bond motifs is 1. The Kier molecular flexibility index (Phi) is 2.33. The molecule has 0 fully saturated rings. The summed E-state index contributed by atoms with van der Waals surface area (Å²) in [6.07, 6.45) is 0. The van der Waals surface area contributed by atoms with Crippen LogP contribution in [0.1, 0.15) is 11.1 Å². The fourth-order valence-electron chi connectivity index (χ4n) is 2.04. The number of hydrogen-bond acceptors (Lipinski definition) is 3. The Morgan fingerprint density at radius 2 is 1.78 bits per heavy atom. The van der Waals surface area contributed by atoms with Gasteiger partial charge < -0.3 is 10.2 Å². The van der Waals surface area contributed by atoms with Gasteiger partial charge >= 0.3 is 0 Å². The normalized spacial score (nSPS) is 11.0. The number of anilines is 1. The number of aryl methyl sites for hydroxylation is 1. The van der Waals surface area contributed by atoms with E-state index in [1.54, 1.807) is 0 Å². The molecule has 18 heavy (non-hydrogen) atoms. The Balaban J connectivity index is 2.27. The van der Waals surface area contributed by atoms with Crippen LogP contribution in [0, 0.1) is 13.8 Å². The molecule has 0 aliphatic heterocycles. The number of nitrogen functional groups attached to an aromatic ring is 1. The number of aromatic nitrogens is 1. The van der Waals surface area contributed by atoms with Crippen LogP contribution in [0.15, 0.2) is 40.8 Å². The van der Waals surface area contributed by atoms with E-state index < -0.39 is 0 Å². The summed E-state index contributed by atoms with van der Waals surface area (Å²) >= 11 is 0. The standard InChI is InChI=1S/C15H14N2O/c1-9-10(2)14-13(8-12(9)16)17-15(18-14)11-6-4-3-5-7-11/h3-8H,16H2,1-2H3. The summed E-state index contributed by atoms with van der Waals surface area (Å²) in [6, 6.07) is 11.7. The number of nitrogens with zero attached hydrogens (tertiary/aromatic N) is 1. The molecule has 1 heterocycles. The zero-order valence-electron chi connectivity index (χ0n) is 10.4. The molecule has 0 aliphatic rings. The van der Waals surface area contributed by atoms with Gasteiger partial charge in [-0.1, -0.05) is 18.2 Å². The minimum Gasteiger partial charge on any atom is -0.436 e. The average Bonchev–Trinajstić information content (AvgIpc) is 2.81. The van der Waals surface area contributed by atoms with Crippen molar-refractivity contribution in [3.63, 3.8) is 0 Å². The van der Waals surface area contributed by atoms with Crippen LogP contribution in [-0.2, 0) is 0 Å². The Morgan fingerprint density at radius 3 is 2.50 bits per heavy atom. The topological polar surface area (TPSA) is 52.0 Å². The molecule has 2 N–H and O–H groups in total. The molecule has 0 bridgehead atoms. The molecule has 1 aromatic heterocycles. The van der Waals surface area contributed by atoms with Gasteiger partial charge in [-0.2, -0.15) is 0 Å². The molecule has 3 aromatic rings. The molecular weight excluding hydrogens is 224 g/mol. The van der Waals surface area contributed by atoms with Gasteiger partial charge in [-0.3, -0.25) is 0 Å². The molecule has 0 atom stereocenters. The summed E-state index contributed by atoms with van der Waals surface area (Å²) in [5.74, 6) is 0.638. The van der Waals surface area contributed by atoms with Crippen molar-refractivity contribution in [1.29, 1.82) is 0 Å². The van der Waals surface area contributed by atoms with Gasteiger partial charge in [-0.05, 0) is 43.2 Å². The first-order chi connectivity index (χ1) is 8.66. The first-order valence-electron chi connectivity index (χ1n) is 5.88. The van der Waals surface area contributed by atoms with E-state index in [9.17, 15) is 0 Å². The van der Waals surface area contributed by atoms with E-state index in [0.717, 1.165) is 33.5 Å². The molecule has 0 saturated carbocycles. The smallest absolute Gasteiger partial charge is 0.227 e. The van der Waals surface area contributed by atoms with Crippen molar-refractivity contribution in [2.24, 2.45) is 0 Å². The Morgan fingerprint density at radius 1 is 1.06 bits per heavy atom. The van der Waals surface area contributed by atoms with E-state index in [4.69, 9.17) is 10.2 Å². The van der Waals surface area contributed by atoms with Gasteiger partial charge in [0.2, 0.25) is 5.89 Å². The Bertz CT molecular complexity index is 714. The molecule has 3 heteroatoms. The lowest BCUT2D eigenvalue weighted by atomic mass is 10.1. The SMILES string of the molecule is Cc1c(N)cc2nc(-c3ccccc3)oc2c1C. The van der Waals surface area contributed by atoms with Crippen LogP contribution in [0.3, 0.4) is 0 Å². The molecule has 3 nitrogen and oxygen atoms in total. The quantitative estimate of drug-likeness (QED) is 0.658.